The molecule has 0 heterocycles. The van der Waals surface area contributed by atoms with Crippen LogP contribution in [0.4, 0.5) is 0 Å². The molecular formula is C13H10N2O3. The molecule has 0 aliphatic carbocycles. The third-order valence-corrected chi connectivity index (χ3v) is 2.18. The van der Waals surface area contributed by atoms with Crippen LogP contribution in [0.2, 0.25) is 0 Å². The SMILES string of the molecule is COC(=O)c1cccc(C=C(C#N)C(O)C#N)c1. The van der Waals surface area contributed by atoms with Crippen LogP contribution < -0.4 is 0 Å². The molecule has 1 atom stereocenters. The number of hydrogen-bond acceptors (Lipinski definition) is 5. The highest BCUT2D eigenvalue weighted by molar-refractivity contribution is 5.90. The van der Waals surface area contributed by atoms with Crippen LogP contribution in [0.1, 0.15) is 15.9 Å². The number of carbonyl (C=O) groups excluding carboxylic acids is 1. The molecule has 0 radical (unpaired) electrons. The molecule has 1 rings (SSSR count). The molecule has 1 aromatic carbocycles. The summed E-state index contributed by atoms with van der Waals surface area (Å²) in [5.74, 6) is -0.496. The predicted octanol–water partition coefficient (Wildman–Crippen LogP) is 1.26. The molecule has 0 amide bonds. The summed E-state index contributed by atoms with van der Waals surface area (Å²) >= 11 is 0. The highest BCUT2D eigenvalue weighted by Gasteiger charge is 2.10. The van der Waals surface area contributed by atoms with Crippen LogP contribution in [0.15, 0.2) is 29.8 Å². The maximum absolute atomic E-state index is 11.3. The maximum Gasteiger partial charge on any atom is 0.337 e. The molecule has 0 aliphatic rings. The van der Waals surface area contributed by atoms with E-state index in [2.05, 4.69) is 4.74 Å². The van der Waals surface area contributed by atoms with E-state index in [1.807, 2.05) is 0 Å². The average Bonchev–Trinajstić information content (AvgIpc) is 2.43. The molecule has 0 aromatic heterocycles. The van der Waals surface area contributed by atoms with Gasteiger partial charge in [0.1, 0.15) is 0 Å². The van der Waals surface area contributed by atoms with Gasteiger partial charge in [0.2, 0.25) is 0 Å². The Hall–Kier alpha value is -2.63. The first-order valence-electron chi connectivity index (χ1n) is 5.00. The predicted molar refractivity (Wildman–Crippen MR) is 63.0 cm³/mol. The fraction of sp³-hybridized carbons (Fsp3) is 0.154. The van der Waals surface area contributed by atoms with Crippen molar-refractivity contribution < 1.29 is 14.6 Å². The fourth-order valence-corrected chi connectivity index (χ4v) is 1.29. The summed E-state index contributed by atoms with van der Waals surface area (Å²) in [6.45, 7) is 0. The van der Waals surface area contributed by atoms with Crippen molar-refractivity contribution in [1.82, 2.24) is 0 Å². The van der Waals surface area contributed by atoms with Gasteiger partial charge < -0.3 is 9.84 Å². The molecular weight excluding hydrogens is 232 g/mol. The minimum atomic E-state index is -1.48. The Labute approximate surface area is 104 Å². The summed E-state index contributed by atoms with van der Waals surface area (Å²) in [5.41, 5.74) is 0.776. The number of ether oxygens (including phenoxy) is 1. The van der Waals surface area contributed by atoms with Crippen LogP contribution >= 0.6 is 0 Å². The second-order valence-electron chi connectivity index (χ2n) is 3.36. The maximum atomic E-state index is 11.3. The van der Waals surface area contributed by atoms with Crippen LogP contribution in [0, 0.1) is 22.7 Å². The van der Waals surface area contributed by atoms with Gasteiger partial charge in [-0.25, -0.2) is 4.79 Å². The van der Waals surface area contributed by atoms with Gasteiger partial charge in [-0.1, -0.05) is 12.1 Å². The largest absolute Gasteiger partial charge is 0.465 e. The topological polar surface area (TPSA) is 94.1 Å². The van der Waals surface area contributed by atoms with Crippen LogP contribution in [0.3, 0.4) is 0 Å². The van der Waals surface area contributed by atoms with Gasteiger partial charge in [0.05, 0.1) is 30.4 Å². The summed E-state index contributed by atoms with van der Waals surface area (Å²) in [4.78, 5) is 11.3. The summed E-state index contributed by atoms with van der Waals surface area (Å²) < 4.78 is 4.56. The number of esters is 1. The number of carbonyl (C=O) groups is 1. The van der Waals surface area contributed by atoms with E-state index in [1.54, 1.807) is 30.3 Å². The second-order valence-corrected chi connectivity index (χ2v) is 3.36. The molecule has 0 fully saturated rings. The quantitative estimate of drug-likeness (QED) is 0.489. The normalized spacial score (nSPS) is 12.1. The van der Waals surface area contributed by atoms with Gasteiger partial charge in [-0.15, -0.1) is 0 Å². The van der Waals surface area contributed by atoms with Crippen molar-refractivity contribution in [3.63, 3.8) is 0 Å². The smallest absolute Gasteiger partial charge is 0.337 e. The van der Waals surface area contributed by atoms with Gasteiger partial charge in [0, 0.05) is 0 Å². The van der Waals surface area contributed by atoms with Crippen molar-refractivity contribution in [2.45, 2.75) is 6.10 Å². The summed E-state index contributed by atoms with van der Waals surface area (Å²) in [7, 11) is 1.27. The molecule has 0 saturated carbocycles. The van der Waals surface area contributed by atoms with E-state index in [9.17, 15) is 9.90 Å². The summed E-state index contributed by atoms with van der Waals surface area (Å²) in [6, 6.07) is 9.63. The van der Waals surface area contributed by atoms with Crippen molar-refractivity contribution in [2.24, 2.45) is 0 Å². The lowest BCUT2D eigenvalue weighted by atomic mass is 10.1. The number of benzene rings is 1. The first-order valence-corrected chi connectivity index (χ1v) is 5.00. The molecule has 90 valence electrons. The molecule has 0 aliphatic heterocycles. The lowest BCUT2D eigenvalue weighted by Crippen LogP contribution is -2.05. The van der Waals surface area contributed by atoms with E-state index in [0.29, 0.717) is 11.1 Å². The average molecular weight is 242 g/mol. The number of nitrogens with zero attached hydrogens (tertiary/aromatic N) is 2. The Kier molecular flexibility index (Phi) is 4.62. The molecule has 18 heavy (non-hydrogen) atoms. The van der Waals surface area contributed by atoms with Gasteiger partial charge in [0.15, 0.2) is 6.10 Å². The first kappa shape index (κ1) is 13.4. The summed E-state index contributed by atoms with van der Waals surface area (Å²) in [6.07, 6.45) is -0.128. The Balaban J connectivity index is 3.12. The first-order chi connectivity index (χ1) is 8.62. The molecule has 0 bridgehead atoms. The van der Waals surface area contributed by atoms with Gasteiger partial charge in [-0.05, 0) is 23.8 Å². The number of rotatable bonds is 3. The number of methoxy groups -OCH3 is 1. The lowest BCUT2D eigenvalue weighted by molar-refractivity contribution is 0.0600. The van der Waals surface area contributed by atoms with E-state index >= 15 is 0 Å². The van der Waals surface area contributed by atoms with Gasteiger partial charge >= 0.3 is 5.97 Å². The Bertz CT molecular complexity index is 564. The Morgan fingerprint density at radius 1 is 1.50 bits per heavy atom. The van der Waals surface area contributed by atoms with Gasteiger partial charge in [-0.2, -0.15) is 10.5 Å². The van der Waals surface area contributed by atoms with Crippen molar-refractivity contribution >= 4 is 12.0 Å². The number of nitriles is 2. The molecule has 1 unspecified atom stereocenters. The van der Waals surface area contributed by atoms with E-state index in [0.717, 1.165) is 0 Å². The van der Waals surface area contributed by atoms with E-state index in [1.165, 1.54) is 19.3 Å². The standard InChI is InChI=1S/C13H10N2O3/c1-18-13(17)10-4-2-3-9(5-10)6-11(7-14)12(16)8-15/h2-6,12,16H,1H3. The van der Waals surface area contributed by atoms with Gasteiger partial charge in [0.25, 0.3) is 0 Å². The van der Waals surface area contributed by atoms with Crippen LogP contribution in [0.25, 0.3) is 6.08 Å². The molecule has 0 spiro atoms. The Morgan fingerprint density at radius 3 is 2.78 bits per heavy atom. The minimum absolute atomic E-state index is 0.0838. The Morgan fingerprint density at radius 2 is 2.22 bits per heavy atom. The molecule has 5 nitrogen and oxygen atoms in total. The van der Waals surface area contributed by atoms with Crippen LogP contribution in [-0.4, -0.2) is 24.3 Å². The monoisotopic (exact) mass is 242 g/mol. The van der Waals surface area contributed by atoms with Crippen LogP contribution in [0.5, 0.6) is 0 Å². The fourth-order valence-electron chi connectivity index (χ4n) is 1.29. The minimum Gasteiger partial charge on any atom is -0.465 e. The molecule has 1 aromatic rings. The highest BCUT2D eigenvalue weighted by atomic mass is 16.5. The van der Waals surface area contributed by atoms with E-state index in [-0.39, 0.29) is 5.57 Å². The zero-order valence-electron chi connectivity index (χ0n) is 9.62. The highest BCUT2D eigenvalue weighted by Crippen LogP contribution is 2.12. The van der Waals surface area contributed by atoms with E-state index < -0.39 is 12.1 Å². The number of aliphatic hydroxyl groups is 1. The van der Waals surface area contributed by atoms with Crippen molar-refractivity contribution in [3.05, 3.63) is 41.0 Å². The van der Waals surface area contributed by atoms with Crippen molar-refractivity contribution in [2.75, 3.05) is 7.11 Å². The summed E-state index contributed by atoms with van der Waals surface area (Å²) in [5, 5.41) is 26.6. The molecule has 0 saturated heterocycles. The number of hydrogen-bond donors (Lipinski definition) is 1. The molecule has 1 N–H and O–H groups in total. The third-order valence-electron chi connectivity index (χ3n) is 2.18. The van der Waals surface area contributed by atoms with E-state index in [4.69, 9.17) is 10.5 Å². The molecule has 5 heteroatoms. The zero-order chi connectivity index (χ0) is 13.5. The van der Waals surface area contributed by atoms with Gasteiger partial charge in [-0.3, -0.25) is 0 Å². The van der Waals surface area contributed by atoms with Crippen molar-refractivity contribution in [1.29, 1.82) is 10.5 Å². The van der Waals surface area contributed by atoms with Crippen molar-refractivity contribution in [3.8, 4) is 12.1 Å². The third kappa shape index (κ3) is 3.18. The zero-order valence-corrected chi connectivity index (χ0v) is 9.62. The lowest BCUT2D eigenvalue weighted by Gasteiger charge is -2.02. The number of aliphatic hydroxyl groups excluding tert-OH is 1. The van der Waals surface area contributed by atoms with Crippen LogP contribution in [-0.2, 0) is 4.74 Å². The second kappa shape index (κ2) is 6.19.